The minimum absolute atomic E-state index is 0.257. The molecule has 0 radical (unpaired) electrons. The van der Waals surface area contributed by atoms with Crippen molar-refractivity contribution in [2.75, 3.05) is 20.1 Å². The third-order valence-corrected chi connectivity index (χ3v) is 3.28. The van der Waals surface area contributed by atoms with Gasteiger partial charge in [-0.15, -0.1) is 0 Å². The summed E-state index contributed by atoms with van der Waals surface area (Å²) in [5, 5.41) is 0.776. The smallest absolute Gasteiger partial charge is 0.0467 e. The molecule has 0 heterocycles. The first kappa shape index (κ1) is 14.5. The van der Waals surface area contributed by atoms with Crippen LogP contribution in [0, 0.1) is 5.92 Å². The van der Waals surface area contributed by atoms with Gasteiger partial charge < -0.3 is 5.73 Å². The Balaban J connectivity index is 2.70. The molecule has 0 saturated carbocycles. The van der Waals surface area contributed by atoms with E-state index >= 15 is 0 Å². The van der Waals surface area contributed by atoms with E-state index in [0.717, 1.165) is 17.5 Å². The summed E-state index contributed by atoms with van der Waals surface area (Å²) >= 11 is 6.02. The van der Waals surface area contributed by atoms with Gasteiger partial charge in [0.25, 0.3) is 0 Å². The van der Waals surface area contributed by atoms with Crippen LogP contribution in [0.25, 0.3) is 0 Å². The summed E-state index contributed by atoms with van der Waals surface area (Å²) in [6.07, 6.45) is 1.19. The first-order chi connectivity index (χ1) is 8.04. The molecule has 0 aliphatic carbocycles. The quantitative estimate of drug-likeness (QED) is 0.844. The summed E-state index contributed by atoms with van der Waals surface area (Å²) in [5.74, 6) is 0.718. The van der Waals surface area contributed by atoms with Crippen LogP contribution in [0.5, 0.6) is 0 Å². The molecule has 1 atom stereocenters. The molecular formula is C14H23ClN2. The first-order valence-electron chi connectivity index (χ1n) is 6.20. The molecule has 0 fully saturated rings. The molecule has 1 unspecified atom stereocenters. The monoisotopic (exact) mass is 254 g/mol. The molecule has 0 aliphatic rings. The highest BCUT2D eigenvalue weighted by Gasteiger charge is 2.15. The lowest BCUT2D eigenvalue weighted by Gasteiger charge is -2.28. The Morgan fingerprint density at radius 1 is 1.35 bits per heavy atom. The predicted molar refractivity (Wildman–Crippen MR) is 75.3 cm³/mol. The molecule has 96 valence electrons. The maximum atomic E-state index is 6.02. The molecule has 0 spiro atoms. The Kier molecular flexibility index (Phi) is 5.96. The average Bonchev–Trinajstić information content (AvgIpc) is 2.27. The van der Waals surface area contributed by atoms with E-state index in [1.54, 1.807) is 0 Å². The van der Waals surface area contributed by atoms with Crippen molar-refractivity contribution in [3.05, 3.63) is 34.9 Å². The number of nitrogens with two attached hydrogens (primary N) is 1. The molecule has 2 N–H and O–H groups in total. The fourth-order valence-electron chi connectivity index (χ4n) is 1.90. The summed E-state index contributed by atoms with van der Waals surface area (Å²) in [6, 6.07) is 8.23. The van der Waals surface area contributed by atoms with Gasteiger partial charge in [-0.25, -0.2) is 0 Å². The molecule has 3 heteroatoms. The topological polar surface area (TPSA) is 29.3 Å². The molecule has 17 heavy (non-hydrogen) atoms. The van der Waals surface area contributed by atoms with Crippen LogP contribution in [-0.4, -0.2) is 25.0 Å². The zero-order valence-electron chi connectivity index (χ0n) is 11.0. The lowest BCUT2D eigenvalue weighted by atomic mass is 10.0. The van der Waals surface area contributed by atoms with E-state index in [4.69, 9.17) is 17.3 Å². The molecule has 0 aromatic heterocycles. The van der Waals surface area contributed by atoms with Gasteiger partial charge in [0.05, 0.1) is 0 Å². The van der Waals surface area contributed by atoms with Gasteiger partial charge in [0.1, 0.15) is 0 Å². The van der Waals surface area contributed by atoms with Crippen molar-refractivity contribution in [3.8, 4) is 0 Å². The molecule has 1 rings (SSSR count). The second-order valence-corrected chi connectivity index (χ2v) is 5.41. The van der Waals surface area contributed by atoms with Gasteiger partial charge in [0.2, 0.25) is 0 Å². The Hall–Kier alpha value is -0.570. The first-order valence-corrected chi connectivity index (χ1v) is 6.58. The summed E-state index contributed by atoms with van der Waals surface area (Å²) in [7, 11) is 2.13. The van der Waals surface area contributed by atoms with Crippen LogP contribution in [0.3, 0.4) is 0 Å². The van der Waals surface area contributed by atoms with Crippen molar-refractivity contribution in [2.24, 2.45) is 11.7 Å². The minimum atomic E-state index is 0.257. The third-order valence-electron chi connectivity index (χ3n) is 3.05. The lowest BCUT2D eigenvalue weighted by Crippen LogP contribution is -2.31. The van der Waals surface area contributed by atoms with Crippen LogP contribution < -0.4 is 5.73 Å². The van der Waals surface area contributed by atoms with Gasteiger partial charge in [-0.05, 0) is 43.6 Å². The van der Waals surface area contributed by atoms with Gasteiger partial charge in [-0.1, -0.05) is 37.6 Å². The molecule has 0 aliphatic heterocycles. The number of rotatable bonds is 6. The van der Waals surface area contributed by atoms with Crippen molar-refractivity contribution >= 4 is 11.6 Å². The highest BCUT2D eigenvalue weighted by atomic mass is 35.5. The normalized spacial score (nSPS) is 13.4. The number of likely N-dealkylation sites (N-methyl/N-ethyl adjacent to an activating group) is 1. The maximum absolute atomic E-state index is 6.02. The van der Waals surface area contributed by atoms with Crippen LogP contribution in [0.1, 0.15) is 31.9 Å². The van der Waals surface area contributed by atoms with E-state index < -0.39 is 0 Å². The van der Waals surface area contributed by atoms with Crippen molar-refractivity contribution in [1.29, 1.82) is 0 Å². The van der Waals surface area contributed by atoms with Crippen LogP contribution in [0.2, 0.25) is 5.02 Å². The van der Waals surface area contributed by atoms with Gasteiger partial charge in [-0.2, -0.15) is 0 Å². The van der Waals surface area contributed by atoms with Crippen LogP contribution in [-0.2, 0) is 0 Å². The molecule has 1 aromatic carbocycles. The van der Waals surface area contributed by atoms with E-state index in [1.807, 2.05) is 18.2 Å². The summed E-state index contributed by atoms with van der Waals surface area (Å²) < 4.78 is 0. The zero-order chi connectivity index (χ0) is 12.8. The third kappa shape index (κ3) is 4.66. The lowest BCUT2D eigenvalue weighted by molar-refractivity contribution is 0.236. The fourth-order valence-corrected chi connectivity index (χ4v) is 2.10. The maximum Gasteiger partial charge on any atom is 0.0467 e. The highest BCUT2D eigenvalue weighted by molar-refractivity contribution is 6.30. The number of halogens is 1. The van der Waals surface area contributed by atoms with E-state index in [0.29, 0.717) is 6.54 Å². The van der Waals surface area contributed by atoms with E-state index in [-0.39, 0.29) is 6.04 Å². The molecule has 0 saturated heterocycles. The second-order valence-electron chi connectivity index (χ2n) is 4.97. The molecule has 1 aromatic rings. The Morgan fingerprint density at radius 2 is 2.06 bits per heavy atom. The Labute approximate surface area is 110 Å². The largest absolute Gasteiger partial charge is 0.329 e. The van der Waals surface area contributed by atoms with Gasteiger partial charge in [0.15, 0.2) is 0 Å². The standard InChI is InChI=1S/C14H23ClN2/c1-11(2)7-8-17(3)14(10-16)12-5-4-6-13(15)9-12/h4-6,9,11,14H,7-8,10,16H2,1-3H3. The van der Waals surface area contributed by atoms with Gasteiger partial charge in [-0.3, -0.25) is 4.90 Å². The average molecular weight is 255 g/mol. The van der Waals surface area contributed by atoms with Crippen molar-refractivity contribution in [1.82, 2.24) is 4.90 Å². The summed E-state index contributed by atoms with van der Waals surface area (Å²) in [5.41, 5.74) is 7.08. The predicted octanol–water partition coefficient (Wildman–Crippen LogP) is 3.32. The van der Waals surface area contributed by atoms with Crippen LogP contribution >= 0.6 is 11.6 Å². The Bertz CT molecular complexity index is 339. The second kappa shape index (κ2) is 7.00. The summed E-state index contributed by atoms with van der Waals surface area (Å²) in [6.45, 7) is 6.16. The van der Waals surface area contributed by atoms with E-state index in [9.17, 15) is 0 Å². The number of nitrogens with zero attached hydrogens (tertiary/aromatic N) is 1. The van der Waals surface area contributed by atoms with Crippen molar-refractivity contribution in [3.63, 3.8) is 0 Å². The summed E-state index contributed by atoms with van der Waals surface area (Å²) in [4.78, 5) is 2.31. The number of hydrogen-bond acceptors (Lipinski definition) is 2. The van der Waals surface area contributed by atoms with Crippen LogP contribution in [0.4, 0.5) is 0 Å². The van der Waals surface area contributed by atoms with Gasteiger partial charge >= 0.3 is 0 Å². The molecule has 2 nitrogen and oxygen atoms in total. The fraction of sp³-hybridized carbons (Fsp3) is 0.571. The highest BCUT2D eigenvalue weighted by Crippen LogP contribution is 2.22. The van der Waals surface area contributed by atoms with Crippen LogP contribution in [0.15, 0.2) is 24.3 Å². The molecule has 0 amide bonds. The minimum Gasteiger partial charge on any atom is -0.329 e. The molecular weight excluding hydrogens is 232 g/mol. The van der Waals surface area contributed by atoms with Gasteiger partial charge in [0, 0.05) is 17.6 Å². The van der Waals surface area contributed by atoms with E-state index in [2.05, 4.69) is 31.9 Å². The number of hydrogen-bond donors (Lipinski definition) is 1. The number of benzene rings is 1. The van der Waals surface area contributed by atoms with Crippen molar-refractivity contribution in [2.45, 2.75) is 26.3 Å². The Morgan fingerprint density at radius 3 is 2.59 bits per heavy atom. The van der Waals surface area contributed by atoms with E-state index in [1.165, 1.54) is 12.0 Å². The zero-order valence-corrected chi connectivity index (χ0v) is 11.7. The SMILES string of the molecule is CC(C)CCN(C)C(CN)c1cccc(Cl)c1. The molecule has 0 bridgehead atoms. The van der Waals surface area contributed by atoms with Crippen molar-refractivity contribution < 1.29 is 0 Å².